The van der Waals surface area contributed by atoms with Crippen LogP contribution in [0.4, 0.5) is 33.5 Å². The number of ether oxygens (including phenoxy) is 1. The van der Waals surface area contributed by atoms with Crippen molar-refractivity contribution in [2.24, 2.45) is 0 Å². The Bertz CT molecular complexity index is 1620. The fraction of sp³-hybridized carbons (Fsp3) is 0.107. The van der Waals surface area contributed by atoms with Gasteiger partial charge in [-0.3, -0.25) is 9.59 Å². The van der Waals surface area contributed by atoms with Crippen molar-refractivity contribution in [3.63, 3.8) is 0 Å². The van der Waals surface area contributed by atoms with Crippen LogP contribution < -0.4 is 21.1 Å². The fourth-order valence-electron chi connectivity index (χ4n) is 3.78. The molecule has 4 aromatic rings. The first-order valence-electron chi connectivity index (χ1n) is 11.6. The quantitative estimate of drug-likeness (QED) is 0.240. The highest BCUT2D eigenvalue weighted by atomic mass is 19.4. The molecule has 0 aliphatic heterocycles. The summed E-state index contributed by atoms with van der Waals surface area (Å²) < 4.78 is 74.3. The van der Waals surface area contributed by atoms with Gasteiger partial charge in [0.05, 0.1) is 11.1 Å². The summed E-state index contributed by atoms with van der Waals surface area (Å²) in [6.07, 6.45) is -4.76. The summed E-state index contributed by atoms with van der Waals surface area (Å²) in [7, 11) is 1.40. The molecule has 206 valence electrons. The van der Waals surface area contributed by atoms with Gasteiger partial charge in [-0.1, -0.05) is 0 Å². The Balaban J connectivity index is 1.70. The standard InChI is InChI=1S/C28H21F5N4O3/c1-14-11-16(29)4-10-23(14)40-24-9-3-15(28(31,32)33)12-20(24)26(38)36-17-5-7-21(30)19(13-17)18-6-8-22(27(39)35-2)37-25(18)34/h3-13H,1-2H3,(H2,34,37)(H,35,39)(H,36,38). The maximum atomic E-state index is 14.7. The van der Waals surface area contributed by atoms with E-state index < -0.39 is 40.8 Å². The molecule has 0 radical (unpaired) electrons. The van der Waals surface area contributed by atoms with Gasteiger partial charge in [0.25, 0.3) is 11.8 Å². The molecule has 0 aliphatic carbocycles. The summed E-state index contributed by atoms with van der Waals surface area (Å²) in [6.45, 7) is 1.53. The molecular weight excluding hydrogens is 535 g/mol. The highest BCUT2D eigenvalue weighted by Crippen LogP contribution is 2.36. The van der Waals surface area contributed by atoms with E-state index in [1.807, 2.05) is 0 Å². The van der Waals surface area contributed by atoms with Gasteiger partial charge in [0.15, 0.2) is 0 Å². The van der Waals surface area contributed by atoms with Crippen molar-refractivity contribution in [3.05, 3.63) is 101 Å². The van der Waals surface area contributed by atoms with Gasteiger partial charge in [0.2, 0.25) is 0 Å². The number of halogens is 5. The normalized spacial score (nSPS) is 11.2. The summed E-state index contributed by atoms with van der Waals surface area (Å²) in [5, 5.41) is 4.83. The van der Waals surface area contributed by atoms with Gasteiger partial charge in [0, 0.05) is 23.9 Å². The van der Waals surface area contributed by atoms with Crippen LogP contribution >= 0.6 is 0 Å². The summed E-state index contributed by atoms with van der Waals surface area (Å²) in [6, 6.07) is 12.1. The number of carbonyl (C=O) groups excluding carboxylic acids is 2. The molecule has 4 N–H and O–H groups in total. The van der Waals surface area contributed by atoms with Crippen LogP contribution in [0.1, 0.15) is 32.0 Å². The lowest BCUT2D eigenvalue weighted by atomic mass is 10.0. The first kappa shape index (κ1) is 28.0. The molecule has 0 fully saturated rings. The number of carbonyl (C=O) groups is 2. The van der Waals surface area contributed by atoms with Gasteiger partial charge in [0.1, 0.15) is 34.6 Å². The van der Waals surface area contributed by atoms with Crippen LogP contribution in [-0.4, -0.2) is 23.8 Å². The fourth-order valence-corrected chi connectivity index (χ4v) is 3.78. The van der Waals surface area contributed by atoms with Crippen LogP contribution in [0.15, 0.2) is 66.7 Å². The van der Waals surface area contributed by atoms with Crippen molar-refractivity contribution >= 4 is 23.3 Å². The minimum absolute atomic E-state index is 0.00193. The van der Waals surface area contributed by atoms with Crippen LogP contribution in [-0.2, 0) is 6.18 Å². The Morgan fingerprint density at radius 2 is 1.60 bits per heavy atom. The molecule has 40 heavy (non-hydrogen) atoms. The van der Waals surface area contributed by atoms with Crippen molar-refractivity contribution < 1.29 is 36.3 Å². The van der Waals surface area contributed by atoms with Gasteiger partial charge in [-0.05, 0) is 79.2 Å². The van der Waals surface area contributed by atoms with Crippen molar-refractivity contribution in [1.82, 2.24) is 10.3 Å². The second kappa shape index (κ2) is 11.0. The minimum Gasteiger partial charge on any atom is -0.456 e. The second-order valence-corrected chi connectivity index (χ2v) is 8.58. The van der Waals surface area contributed by atoms with Gasteiger partial charge in [-0.15, -0.1) is 0 Å². The van der Waals surface area contributed by atoms with E-state index in [0.717, 1.165) is 24.3 Å². The van der Waals surface area contributed by atoms with Crippen LogP contribution in [0.5, 0.6) is 11.5 Å². The Hall–Kier alpha value is -5.00. The van der Waals surface area contributed by atoms with E-state index in [0.29, 0.717) is 11.6 Å². The summed E-state index contributed by atoms with van der Waals surface area (Å²) in [5.74, 6) is -3.01. The van der Waals surface area contributed by atoms with E-state index in [2.05, 4.69) is 15.6 Å². The topological polar surface area (TPSA) is 106 Å². The molecule has 0 spiro atoms. The van der Waals surface area contributed by atoms with E-state index >= 15 is 0 Å². The molecule has 0 saturated heterocycles. The number of amides is 2. The number of anilines is 2. The predicted molar refractivity (Wildman–Crippen MR) is 138 cm³/mol. The third-order valence-electron chi connectivity index (χ3n) is 5.81. The number of nitrogens with one attached hydrogen (secondary N) is 2. The van der Waals surface area contributed by atoms with Crippen LogP contribution in [0, 0.1) is 18.6 Å². The number of pyridine rings is 1. The largest absolute Gasteiger partial charge is 0.456 e. The van der Waals surface area contributed by atoms with Crippen LogP contribution in [0.3, 0.4) is 0 Å². The molecule has 3 aromatic carbocycles. The molecule has 12 heteroatoms. The number of nitrogens with two attached hydrogens (primary N) is 1. The predicted octanol–water partition coefficient (Wildman–Crippen LogP) is 6.34. The first-order chi connectivity index (χ1) is 18.9. The highest BCUT2D eigenvalue weighted by molar-refractivity contribution is 6.06. The monoisotopic (exact) mass is 556 g/mol. The second-order valence-electron chi connectivity index (χ2n) is 8.58. The number of hydrogen-bond donors (Lipinski definition) is 3. The minimum atomic E-state index is -4.76. The summed E-state index contributed by atoms with van der Waals surface area (Å²) >= 11 is 0. The molecule has 0 atom stereocenters. The Labute approximate surface area is 224 Å². The summed E-state index contributed by atoms with van der Waals surface area (Å²) in [5.41, 5.74) is 4.79. The zero-order valence-electron chi connectivity index (χ0n) is 21.0. The van der Waals surface area contributed by atoms with Gasteiger partial charge in [-0.2, -0.15) is 13.2 Å². The lowest BCUT2D eigenvalue weighted by Gasteiger charge is -2.16. The Kier molecular flexibility index (Phi) is 7.71. The molecule has 2 amide bonds. The average molecular weight is 556 g/mol. The Morgan fingerprint density at radius 3 is 2.25 bits per heavy atom. The number of aryl methyl sites for hydroxylation is 1. The van der Waals surface area contributed by atoms with Gasteiger partial charge < -0.3 is 21.1 Å². The first-order valence-corrected chi connectivity index (χ1v) is 11.6. The molecule has 0 saturated carbocycles. The van der Waals surface area contributed by atoms with E-state index in [-0.39, 0.29) is 39.8 Å². The van der Waals surface area contributed by atoms with Gasteiger partial charge >= 0.3 is 6.18 Å². The SMILES string of the molecule is CNC(=O)c1ccc(-c2cc(NC(=O)c3cc(C(F)(F)F)ccc3Oc3ccc(F)cc3C)ccc2F)c(N)n1. The lowest BCUT2D eigenvalue weighted by Crippen LogP contribution is -2.19. The number of hydrogen-bond acceptors (Lipinski definition) is 5. The van der Waals surface area contributed by atoms with Crippen LogP contribution in [0.25, 0.3) is 11.1 Å². The number of rotatable bonds is 6. The molecule has 0 unspecified atom stereocenters. The smallest absolute Gasteiger partial charge is 0.416 e. The Morgan fingerprint density at radius 1 is 0.875 bits per heavy atom. The van der Waals surface area contributed by atoms with Crippen molar-refractivity contribution in [2.45, 2.75) is 13.1 Å². The zero-order valence-corrected chi connectivity index (χ0v) is 21.0. The molecule has 1 aromatic heterocycles. The molecule has 0 bridgehead atoms. The number of aromatic nitrogens is 1. The van der Waals surface area contributed by atoms with E-state index in [9.17, 15) is 31.5 Å². The van der Waals surface area contributed by atoms with Crippen molar-refractivity contribution in [3.8, 4) is 22.6 Å². The maximum absolute atomic E-state index is 14.7. The third kappa shape index (κ3) is 6.01. The summed E-state index contributed by atoms with van der Waals surface area (Å²) in [4.78, 5) is 29.0. The number of benzene rings is 3. The van der Waals surface area contributed by atoms with E-state index in [4.69, 9.17) is 10.5 Å². The number of nitrogen functional groups attached to an aromatic ring is 1. The molecule has 7 nitrogen and oxygen atoms in total. The third-order valence-corrected chi connectivity index (χ3v) is 5.81. The average Bonchev–Trinajstić information content (AvgIpc) is 2.90. The lowest BCUT2D eigenvalue weighted by molar-refractivity contribution is -0.137. The number of alkyl halides is 3. The molecule has 0 aliphatic rings. The molecular formula is C28H21F5N4O3. The maximum Gasteiger partial charge on any atom is 0.416 e. The number of nitrogens with zero attached hydrogens (tertiary/aromatic N) is 1. The molecule has 4 rings (SSSR count). The van der Waals surface area contributed by atoms with E-state index in [1.54, 1.807) is 0 Å². The van der Waals surface area contributed by atoms with Crippen molar-refractivity contribution in [1.29, 1.82) is 0 Å². The highest BCUT2D eigenvalue weighted by Gasteiger charge is 2.32. The zero-order chi connectivity index (χ0) is 29.2. The van der Waals surface area contributed by atoms with E-state index in [1.165, 1.54) is 50.4 Å². The van der Waals surface area contributed by atoms with Crippen molar-refractivity contribution in [2.75, 3.05) is 18.1 Å². The van der Waals surface area contributed by atoms with Gasteiger partial charge in [-0.25, -0.2) is 13.8 Å². The van der Waals surface area contributed by atoms with Crippen LogP contribution in [0.2, 0.25) is 0 Å². The molecule has 1 heterocycles.